The van der Waals surface area contributed by atoms with E-state index >= 15 is 0 Å². The van der Waals surface area contributed by atoms with Crippen LogP contribution < -0.4 is 0 Å². The minimum atomic E-state index is 0.284. The summed E-state index contributed by atoms with van der Waals surface area (Å²) in [6.07, 6.45) is 9.33. The topological polar surface area (TPSA) is 61.9 Å². The van der Waals surface area contributed by atoms with Crippen LogP contribution in [0.25, 0.3) is 0 Å². The summed E-state index contributed by atoms with van der Waals surface area (Å²) in [7, 11) is 0. The van der Waals surface area contributed by atoms with Crippen LogP contribution in [-0.2, 0) is 17.6 Å². The van der Waals surface area contributed by atoms with Crippen molar-refractivity contribution in [2.45, 2.75) is 58.4 Å². The number of H-pyrrole nitrogens is 1. The highest BCUT2D eigenvalue weighted by atomic mass is 16.2. The van der Waals surface area contributed by atoms with Gasteiger partial charge in [-0.25, -0.2) is 0 Å². The van der Waals surface area contributed by atoms with Crippen LogP contribution in [0.15, 0.2) is 24.5 Å². The fraction of sp³-hybridized carbons (Fsp3) is 0.526. The molecule has 24 heavy (non-hydrogen) atoms. The average Bonchev–Trinajstić information content (AvgIpc) is 3.19. The molecule has 0 spiro atoms. The van der Waals surface area contributed by atoms with Gasteiger partial charge in [0.15, 0.2) is 0 Å². The molecule has 1 N–H and O–H groups in total. The maximum absolute atomic E-state index is 12.7. The van der Waals surface area contributed by atoms with E-state index in [0.29, 0.717) is 12.5 Å². The standard InChI is InChI=1S/C19H26N4O/c1-14-18(15(2)22-21-14)7-8-19(24)23-13-3-4-17(23)6-5-16-9-11-20-12-10-16/h9-12,17H,3-8,13H2,1-2H3,(H,21,22). The molecule has 128 valence electrons. The van der Waals surface area contributed by atoms with E-state index in [0.717, 1.165) is 50.0 Å². The predicted octanol–water partition coefficient (Wildman–Crippen LogP) is 2.98. The summed E-state index contributed by atoms with van der Waals surface area (Å²) in [6.45, 7) is 4.92. The van der Waals surface area contributed by atoms with Gasteiger partial charge in [-0.1, -0.05) is 0 Å². The smallest absolute Gasteiger partial charge is 0.223 e. The summed E-state index contributed by atoms with van der Waals surface area (Å²) < 4.78 is 0. The Bertz CT molecular complexity index is 660. The maximum Gasteiger partial charge on any atom is 0.223 e. The molecule has 1 amide bonds. The highest BCUT2D eigenvalue weighted by Gasteiger charge is 2.28. The first-order chi connectivity index (χ1) is 11.6. The van der Waals surface area contributed by atoms with Crippen molar-refractivity contribution in [1.29, 1.82) is 0 Å². The van der Waals surface area contributed by atoms with Gasteiger partial charge in [0.1, 0.15) is 0 Å². The molecule has 1 fully saturated rings. The number of aromatic nitrogens is 3. The second-order valence-corrected chi connectivity index (χ2v) is 6.69. The van der Waals surface area contributed by atoms with Gasteiger partial charge in [-0.05, 0) is 69.2 Å². The fourth-order valence-electron chi connectivity index (χ4n) is 3.66. The number of nitrogens with one attached hydrogen (secondary N) is 1. The van der Waals surface area contributed by atoms with Gasteiger partial charge in [-0.15, -0.1) is 0 Å². The van der Waals surface area contributed by atoms with Crippen molar-refractivity contribution in [2.24, 2.45) is 0 Å². The lowest BCUT2D eigenvalue weighted by atomic mass is 10.0. The molecule has 0 radical (unpaired) electrons. The SMILES string of the molecule is Cc1n[nH]c(C)c1CCC(=O)N1CCCC1CCc1ccncc1. The van der Waals surface area contributed by atoms with E-state index in [9.17, 15) is 4.79 Å². The van der Waals surface area contributed by atoms with E-state index < -0.39 is 0 Å². The van der Waals surface area contributed by atoms with E-state index in [2.05, 4.69) is 32.2 Å². The maximum atomic E-state index is 12.7. The Morgan fingerprint density at radius 3 is 2.79 bits per heavy atom. The Balaban J connectivity index is 1.53. The Labute approximate surface area is 143 Å². The molecule has 0 aromatic carbocycles. The van der Waals surface area contributed by atoms with Crippen LogP contribution in [0.2, 0.25) is 0 Å². The Morgan fingerprint density at radius 2 is 2.08 bits per heavy atom. The van der Waals surface area contributed by atoms with E-state index in [1.165, 1.54) is 11.1 Å². The van der Waals surface area contributed by atoms with E-state index in [4.69, 9.17) is 0 Å². The lowest BCUT2D eigenvalue weighted by molar-refractivity contribution is -0.132. The van der Waals surface area contributed by atoms with Crippen molar-refractivity contribution in [1.82, 2.24) is 20.1 Å². The number of pyridine rings is 1. The number of nitrogens with zero attached hydrogens (tertiary/aromatic N) is 3. The van der Waals surface area contributed by atoms with Crippen LogP contribution in [0.4, 0.5) is 0 Å². The first-order valence-electron chi connectivity index (χ1n) is 8.84. The zero-order valence-electron chi connectivity index (χ0n) is 14.6. The molecule has 5 nitrogen and oxygen atoms in total. The molecule has 0 aliphatic carbocycles. The number of carbonyl (C=O) groups is 1. The zero-order valence-corrected chi connectivity index (χ0v) is 14.6. The molecular weight excluding hydrogens is 300 g/mol. The molecule has 2 aromatic rings. The number of rotatable bonds is 6. The van der Waals surface area contributed by atoms with Crippen LogP contribution >= 0.6 is 0 Å². The zero-order chi connectivity index (χ0) is 16.9. The van der Waals surface area contributed by atoms with Gasteiger partial charge in [-0.2, -0.15) is 5.10 Å². The van der Waals surface area contributed by atoms with E-state index in [1.54, 1.807) is 0 Å². The number of hydrogen-bond donors (Lipinski definition) is 1. The highest BCUT2D eigenvalue weighted by molar-refractivity contribution is 5.77. The van der Waals surface area contributed by atoms with Crippen LogP contribution in [0.3, 0.4) is 0 Å². The molecular formula is C19H26N4O. The van der Waals surface area contributed by atoms with Crippen molar-refractivity contribution < 1.29 is 4.79 Å². The van der Waals surface area contributed by atoms with Gasteiger partial charge in [-0.3, -0.25) is 14.9 Å². The lowest BCUT2D eigenvalue weighted by Crippen LogP contribution is -2.36. The summed E-state index contributed by atoms with van der Waals surface area (Å²) in [5.74, 6) is 0.284. The summed E-state index contributed by atoms with van der Waals surface area (Å²) >= 11 is 0. The minimum absolute atomic E-state index is 0.284. The van der Waals surface area contributed by atoms with E-state index in [1.807, 2.05) is 26.2 Å². The van der Waals surface area contributed by atoms with Gasteiger partial charge in [0.25, 0.3) is 0 Å². The van der Waals surface area contributed by atoms with Crippen molar-refractivity contribution in [2.75, 3.05) is 6.54 Å². The average molecular weight is 326 g/mol. The summed E-state index contributed by atoms with van der Waals surface area (Å²) in [6, 6.07) is 4.51. The third-order valence-electron chi connectivity index (χ3n) is 5.08. The van der Waals surface area contributed by atoms with Gasteiger partial charge < -0.3 is 4.90 Å². The molecule has 2 aromatic heterocycles. The van der Waals surface area contributed by atoms with Gasteiger partial charge in [0.2, 0.25) is 5.91 Å². The fourth-order valence-corrected chi connectivity index (χ4v) is 3.66. The highest BCUT2D eigenvalue weighted by Crippen LogP contribution is 2.23. The number of amides is 1. The normalized spacial score (nSPS) is 17.4. The second kappa shape index (κ2) is 7.60. The third kappa shape index (κ3) is 3.83. The Hall–Kier alpha value is -2.17. The molecule has 3 heterocycles. The molecule has 3 rings (SSSR count). The Kier molecular flexibility index (Phi) is 5.28. The van der Waals surface area contributed by atoms with Crippen molar-refractivity contribution in [3.05, 3.63) is 47.0 Å². The van der Waals surface area contributed by atoms with Gasteiger partial charge >= 0.3 is 0 Å². The molecule has 1 atom stereocenters. The number of likely N-dealkylation sites (tertiary alicyclic amines) is 1. The van der Waals surface area contributed by atoms with Gasteiger partial charge in [0.05, 0.1) is 5.69 Å². The first kappa shape index (κ1) is 16.7. The monoisotopic (exact) mass is 326 g/mol. The van der Waals surface area contributed by atoms with Crippen LogP contribution in [0.5, 0.6) is 0 Å². The van der Waals surface area contributed by atoms with Crippen molar-refractivity contribution in [3.63, 3.8) is 0 Å². The van der Waals surface area contributed by atoms with Gasteiger partial charge in [0, 0.05) is 37.1 Å². The molecule has 1 aliphatic heterocycles. The summed E-state index contributed by atoms with van der Waals surface area (Å²) in [5.41, 5.74) is 4.58. The number of aromatic amines is 1. The molecule has 1 saturated heterocycles. The van der Waals surface area contributed by atoms with Crippen LogP contribution in [0.1, 0.15) is 48.2 Å². The number of aryl methyl sites for hydroxylation is 3. The molecule has 1 aliphatic rings. The molecule has 0 bridgehead atoms. The van der Waals surface area contributed by atoms with Crippen LogP contribution in [0, 0.1) is 13.8 Å². The van der Waals surface area contributed by atoms with Crippen molar-refractivity contribution >= 4 is 5.91 Å². The number of hydrogen-bond acceptors (Lipinski definition) is 3. The third-order valence-corrected chi connectivity index (χ3v) is 5.08. The minimum Gasteiger partial charge on any atom is -0.340 e. The van der Waals surface area contributed by atoms with Crippen LogP contribution in [-0.4, -0.2) is 38.6 Å². The Morgan fingerprint density at radius 1 is 1.29 bits per heavy atom. The molecule has 1 unspecified atom stereocenters. The predicted molar refractivity (Wildman–Crippen MR) is 93.7 cm³/mol. The second-order valence-electron chi connectivity index (χ2n) is 6.69. The van der Waals surface area contributed by atoms with Crippen molar-refractivity contribution in [3.8, 4) is 0 Å². The quantitative estimate of drug-likeness (QED) is 0.887. The summed E-state index contributed by atoms with van der Waals surface area (Å²) in [5, 5.41) is 7.21. The van der Waals surface area contributed by atoms with E-state index in [-0.39, 0.29) is 5.91 Å². The first-order valence-corrected chi connectivity index (χ1v) is 8.84. The molecule has 5 heteroatoms. The largest absolute Gasteiger partial charge is 0.340 e. The lowest BCUT2D eigenvalue weighted by Gasteiger charge is -2.25. The molecule has 0 saturated carbocycles. The number of carbonyl (C=O) groups excluding carboxylic acids is 1. The summed E-state index contributed by atoms with van der Waals surface area (Å²) in [4.78, 5) is 18.8.